The van der Waals surface area contributed by atoms with Gasteiger partial charge in [-0.1, -0.05) is 32.6 Å². The Balaban J connectivity index is 1.96. The smallest absolute Gasteiger partial charge is 0.410 e. The third-order valence-corrected chi connectivity index (χ3v) is 6.74. The number of hydrogen-bond donors (Lipinski definition) is 1. The summed E-state index contributed by atoms with van der Waals surface area (Å²) in [6, 6.07) is 6.34. The van der Waals surface area contributed by atoms with E-state index in [2.05, 4.69) is 48.7 Å². The number of nitrogens with one attached hydrogen (secondary N) is 1. The van der Waals surface area contributed by atoms with Crippen LogP contribution in [0.15, 0.2) is 57.9 Å². The lowest BCUT2D eigenvalue weighted by Gasteiger charge is -2.10. The lowest BCUT2D eigenvalue weighted by Crippen LogP contribution is -2.15. The minimum atomic E-state index is -0.500. The molecule has 34 heavy (non-hydrogen) atoms. The fourth-order valence-electron chi connectivity index (χ4n) is 3.49. The summed E-state index contributed by atoms with van der Waals surface area (Å²) in [5.41, 5.74) is 2.78. The summed E-state index contributed by atoms with van der Waals surface area (Å²) in [5.74, 6) is 1.37. The van der Waals surface area contributed by atoms with Crippen molar-refractivity contribution in [2.24, 2.45) is 5.92 Å². The number of alkyl carbamates (subject to hydrolysis) is 1. The molecule has 0 atom stereocenters. The molecule has 184 valence electrons. The summed E-state index contributed by atoms with van der Waals surface area (Å²) in [5, 5.41) is 2.48. The fourth-order valence-corrected chi connectivity index (χ4v) is 4.49. The number of allylic oxidation sites excluding steroid dienone is 4. The van der Waals surface area contributed by atoms with Crippen molar-refractivity contribution in [1.82, 2.24) is 5.32 Å². The second kappa shape index (κ2) is 13.8. The molecule has 0 aromatic carbocycles. The molecule has 0 aliphatic heterocycles. The Bertz CT molecular complexity index is 1090. The van der Waals surface area contributed by atoms with Gasteiger partial charge in [0.15, 0.2) is 0 Å². The van der Waals surface area contributed by atoms with Crippen LogP contribution in [0.3, 0.4) is 0 Å². The van der Waals surface area contributed by atoms with Crippen molar-refractivity contribution in [2.45, 2.75) is 66.2 Å². The van der Waals surface area contributed by atoms with Crippen LogP contribution in [0.1, 0.15) is 66.7 Å². The number of methoxy groups -OCH3 is 1. The van der Waals surface area contributed by atoms with Crippen molar-refractivity contribution in [3.05, 3.63) is 85.8 Å². The Morgan fingerprint density at radius 2 is 2.00 bits per heavy atom. The maximum atomic E-state index is 12.7. The van der Waals surface area contributed by atoms with Crippen LogP contribution in [-0.2, 0) is 24.0 Å². The zero-order valence-corrected chi connectivity index (χ0v) is 21.8. The molecule has 2 aromatic rings. The van der Waals surface area contributed by atoms with Gasteiger partial charge in [-0.25, -0.2) is 9.59 Å². The van der Waals surface area contributed by atoms with Crippen LogP contribution in [0.2, 0.25) is 0 Å². The van der Waals surface area contributed by atoms with Gasteiger partial charge in [0.25, 0.3) is 0 Å². The molecule has 5 nitrogen and oxygen atoms in total. The molecule has 0 saturated carbocycles. The van der Waals surface area contributed by atoms with Crippen LogP contribution in [0, 0.1) is 12.8 Å². The van der Waals surface area contributed by atoms with Crippen molar-refractivity contribution < 1.29 is 13.9 Å². The zero-order chi connectivity index (χ0) is 25.1. The first-order valence-corrected chi connectivity index (χ1v) is 12.6. The largest absolute Gasteiger partial charge is 0.453 e. The van der Waals surface area contributed by atoms with E-state index in [4.69, 9.17) is 4.42 Å². The van der Waals surface area contributed by atoms with Gasteiger partial charge in [-0.05, 0) is 80.4 Å². The Morgan fingerprint density at radius 1 is 1.26 bits per heavy atom. The summed E-state index contributed by atoms with van der Waals surface area (Å²) in [6.07, 6.45) is 10.4. The highest BCUT2D eigenvalue weighted by Gasteiger charge is 2.13. The predicted octanol–water partition coefficient (Wildman–Crippen LogP) is 6.99. The molecule has 0 saturated heterocycles. The quantitative estimate of drug-likeness (QED) is 0.261. The highest BCUT2D eigenvalue weighted by atomic mass is 32.1. The van der Waals surface area contributed by atoms with Crippen molar-refractivity contribution in [3.63, 3.8) is 0 Å². The van der Waals surface area contributed by atoms with Gasteiger partial charge in [0.1, 0.15) is 5.76 Å². The number of rotatable bonds is 12. The van der Waals surface area contributed by atoms with E-state index >= 15 is 0 Å². The van der Waals surface area contributed by atoms with Crippen molar-refractivity contribution in [2.75, 3.05) is 7.11 Å². The average molecular weight is 484 g/mol. The molecule has 0 radical (unpaired) electrons. The molecule has 2 rings (SSSR count). The van der Waals surface area contributed by atoms with E-state index in [0.29, 0.717) is 29.2 Å². The van der Waals surface area contributed by atoms with Crippen LogP contribution in [0.5, 0.6) is 0 Å². The van der Waals surface area contributed by atoms with E-state index in [1.54, 1.807) is 6.20 Å². The number of amides is 1. The average Bonchev–Trinajstić information content (AvgIpc) is 3.25. The number of carbonyl (C=O) groups is 1. The highest BCUT2D eigenvalue weighted by Crippen LogP contribution is 2.25. The molecule has 0 aliphatic carbocycles. The van der Waals surface area contributed by atoms with E-state index in [-0.39, 0.29) is 5.63 Å². The number of thiophene rings is 1. The number of ether oxygens (including phenoxy) is 1. The molecule has 2 heterocycles. The molecule has 0 aliphatic rings. The van der Waals surface area contributed by atoms with Crippen LogP contribution in [-0.4, -0.2) is 13.2 Å². The molecule has 1 N–H and O–H groups in total. The van der Waals surface area contributed by atoms with Crippen molar-refractivity contribution in [3.8, 4) is 0 Å². The van der Waals surface area contributed by atoms with Crippen molar-refractivity contribution in [1.29, 1.82) is 0 Å². The Kier molecular flexibility index (Phi) is 11.1. The second-order valence-corrected chi connectivity index (χ2v) is 10.1. The maximum absolute atomic E-state index is 12.7. The summed E-state index contributed by atoms with van der Waals surface area (Å²) < 4.78 is 10.1. The molecule has 0 fully saturated rings. The van der Waals surface area contributed by atoms with Crippen LogP contribution < -0.4 is 10.9 Å². The molecule has 0 spiro atoms. The monoisotopic (exact) mass is 483 g/mol. The first kappa shape index (κ1) is 27.4. The third-order valence-electron chi connectivity index (χ3n) is 5.57. The van der Waals surface area contributed by atoms with Crippen LogP contribution >= 0.6 is 11.3 Å². The SMILES string of the molecule is C=C(/C(C)=C/Cc1ccc(CCC(C)C)s1)c1c(C)cc(CCC/C=C/NC(=O)OC)oc1=O. The lowest BCUT2D eigenvalue weighted by molar-refractivity contribution is 0.175. The van der Waals surface area contributed by atoms with Gasteiger partial charge in [-0.3, -0.25) is 5.32 Å². The number of aryl methyl sites for hydroxylation is 3. The van der Waals surface area contributed by atoms with E-state index in [1.807, 2.05) is 37.3 Å². The van der Waals surface area contributed by atoms with Gasteiger partial charge in [-0.15, -0.1) is 11.3 Å². The van der Waals surface area contributed by atoms with E-state index in [0.717, 1.165) is 36.8 Å². The highest BCUT2D eigenvalue weighted by molar-refractivity contribution is 7.12. The summed E-state index contributed by atoms with van der Waals surface area (Å²) >= 11 is 1.86. The number of carbonyl (C=O) groups excluding carboxylic acids is 1. The first-order valence-electron chi connectivity index (χ1n) is 11.8. The lowest BCUT2D eigenvalue weighted by atomic mass is 9.97. The molecule has 0 unspecified atom stereocenters. The van der Waals surface area contributed by atoms with E-state index < -0.39 is 6.09 Å². The predicted molar refractivity (Wildman–Crippen MR) is 141 cm³/mol. The summed E-state index contributed by atoms with van der Waals surface area (Å²) in [7, 11) is 1.32. The van der Waals surface area contributed by atoms with E-state index in [9.17, 15) is 9.59 Å². The van der Waals surface area contributed by atoms with E-state index in [1.165, 1.54) is 23.3 Å². The molecule has 0 bridgehead atoms. The molecular formula is C28H37NO4S. The molecule has 2 aromatic heterocycles. The number of unbranched alkanes of at least 4 members (excludes halogenated alkanes) is 1. The normalized spacial score (nSPS) is 11.9. The van der Waals surface area contributed by atoms with Crippen LogP contribution in [0.4, 0.5) is 4.79 Å². The topological polar surface area (TPSA) is 68.5 Å². The molecule has 6 heteroatoms. The fraction of sp³-hybridized carbons (Fsp3) is 0.429. The van der Waals surface area contributed by atoms with Gasteiger partial charge in [0.2, 0.25) is 0 Å². The maximum Gasteiger partial charge on any atom is 0.410 e. The molecular weight excluding hydrogens is 446 g/mol. The Morgan fingerprint density at radius 3 is 2.68 bits per heavy atom. The van der Waals surface area contributed by atoms with Gasteiger partial charge in [-0.2, -0.15) is 0 Å². The van der Waals surface area contributed by atoms with Gasteiger partial charge in [0.05, 0.1) is 12.7 Å². The first-order chi connectivity index (χ1) is 16.2. The summed E-state index contributed by atoms with van der Waals surface area (Å²) in [4.78, 5) is 26.5. The third kappa shape index (κ3) is 8.82. The Hall–Kier alpha value is -2.86. The van der Waals surface area contributed by atoms with Gasteiger partial charge >= 0.3 is 11.7 Å². The summed E-state index contributed by atoms with van der Waals surface area (Å²) in [6.45, 7) is 12.6. The second-order valence-electron chi connectivity index (χ2n) is 8.86. The standard InChI is InChI=1S/C28H37NO4S/c1-19(2)11-13-24-15-16-25(34-24)14-12-20(3)22(5)26-21(4)18-23(33-27(26)30)10-8-7-9-17-29-28(31)32-6/h9,12,15-19H,5,7-8,10-11,13-14H2,1-4,6H3,(H,29,31)/b17-9+,20-12+. The zero-order valence-electron chi connectivity index (χ0n) is 21.0. The molecule has 1 amide bonds. The Labute approximate surface area is 207 Å². The van der Waals surface area contributed by atoms with Crippen molar-refractivity contribution >= 4 is 23.0 Å². The van der Waals surface area contributed by atoms with Gasteiger partial charge < -0.3 is 9.15 Å². The van der Waals surface area contributed by atoms with Crippen LogP contribution in [0.25, 0.3) is 5.57 Å². The van der Waals surface area contributed by atoms with Gasteiger partial charge in [0, 0.05) is 28.8 Å². The number of hydrogen-bond acceptors (Lipinski definition) is 5. The minimum Gasteiger partial charge on any atom is -0.453 e. The minimum absolute atomic E-state index is 0.345.